The van der Waals surface area contributed by atoms with Gasteiger partial charge in [-0.25, -0.2) is 0 Å². The molecule has 2 nitrogen and oxygen atoms in total. The molecule has 0 aliphatic heterocycles. The molecule has 64 valence electrons. The van der Waals surface area contributed by atoms with Gasteiger partial charge in [0.1, 0.15) is 0 Å². The van der Waals surface area contributed by atoms with Crippen molar-refractivity contribution >= 4 is 20.5 Å². The van der Waals surface area contributed by atoms with Gasteiger partial charge in [0.05, 0.1) is 0 Å². The Bertz CT molecular complexity index is 309. The van der Waals surface area contributed by atoms with Crippen molar-refractivity contribution in [3.63, 3.8) is 0 Å². The van der Waals surface area contributed by atoms with Crippen molar-refractivity contribution in [1.82, 2.24) is 0 Å². The summed E-state index contributed by atoms with van der Waals surface area (Å²) in [6.07, 6.45) is 0.922. The summed E-state index contributed by atoms with van der Waals surface area (Å²) in [5, 5.41) is 0.861. The second kappa shape index (κ2) is 3.68. The van der Waals surface area contributed by atoms with Crippen LogP contribution in [0.3, 0.4) is 0 Å². The molecule has 0 heterocycles. The van der Waals surface area contributed by atoms with Crippen LogP contribution in [0.4, 0.5) is 0 Å². The standard InChI is InChI=1S/C9H12NOP/c1-2-6-3-4-8(12)7(5-6)9(10)11/h3-5H,2,12H2,1H3,(H2,10,11). The number of primary amides is 1. The fourth-order valence-corrected chi connectivity index (χ4v) is 1.36. The van der Waals surface area contributed by atoms with Crippen molar-refractivity contribution < 1.29 is 4.79 Å². The Hall–Kier alpha value is -0.880. The van der Waals surface area contributed by atoms with Gasteiger partial charge < -0.3 is 5.73 Å². The highest BCUT2D eigenvalue weighted by molar-refractivity contribution is 7.27. The maximum absolute atomic E-state index is 10.9. The van der Waals surface area contributed by atoms with E-state index in [1.54, 1.807) is 0 Å². The Morgan fingerprint density at radius 3 is 2.75 bits per heavy atom. The van der Waals surface area contributed by atoms with Crippen molar-refractivity contribution in [1.29, 1.82) is 0 Å². The van der Waals surface area contributed by atoms with Crippen LogP contribution < -0.4 is 11.0 Å². The van der Waals surface area contributed by atoms with E-state index >= 15 is 0 Å². The van der Waals surface area contributed by atoms with E-state index in [4.69, 9.17) is 5.73 Å². The van der Waals surface area contributed by atoms with Crippen LogP contribution in [0.2, 0.25) is 0 Å². The highest BCUT2D eigenvalue weighted by Gasteiger charge is 2.04. The number of rotatable bonds is 2. The molecule has 0 aliphatic carbocycles. The lowest BCUT2D eigenvalue weighted by molar-refractivity contribution is 0.100. The highest BCUT2D eigenvalue weighted by Crippen LogP contribution is 2.05. The summed E-state index contributed by atoms with van der Waals surface area (Å²) in [4.78, 5) is 10.9. The Morgan fingerprint density at radius 2 is 2.25 bits per heavy atom. The van der Waals surface area contributed by atoms with Crippen LogP contribution in [0.25, 0.3) is 0 Å². The predicted octanol–water partition coefficient (Wildman–Crippen LogP) is 0.848. The summed E-state index contributed by atoms with van der Waals surface area (Å²) < 4.78 is 0. The molecule has 0 saturated carbocycles. The fraction of sp³-hybridized carbons (Fsp3) is 0.222. The van der Waals surface area contributed by atoms with Gasteiger partial charge in [-0.05, 0) is 23.4 Å². The first-order valence-corrected chi connectivity index (χ1v) is 4.41. The molecule has 12 heavy (non-hydrogen) atoms. The molecule has 1 aromatic rings. The average molecular weight is 181 g/mol. The molecular weight excluding hydrogens is 169 g/mol. The quantitative estimate of drug-likeness (QED) is 0.675. The number of hydrogen-bond acceptors (Lipinski definition) is 1. The lowest BCUT2D eigenvalue weighted by atomic mass is 10.1. The molecular formula is C9H12NOP. The van der Waals surface area contributed by atoms with Gasteiger partial charge in [0.15, 0.2) is 0 Å². The van der Waals surface area contributed by atoms with Crippen LogP contribution in [0.15, 0.2) is 18.2 Å². The largest absolute Gasteiger partial charge is 0.366 e. The molecule has 1 amide bonds. The van der Waals surface area contributed by atoms with Crippen molar-refractivity contribution in [2.45, 2.75) is 13.3 Å². The van der Waals surface area contributed by atoms with E-state index in [1.165, 1.54) is 0 Å². The van der Waals surface area contributed by atoms with E-state index in [1.807, 2.05) is 25.1 Å². The molecule has 2 N–H and O–H groups in total. The summed E-state index contributed by atoms with van der Waals surface area (Å²) in [7, 11) is 2.50. The molecule has 0 saturated heterocycles. The summed E-state index contributed by atoms with van der Waals surface area (Å²) in [6.45, 7) is 2.04. The zero-order valence-electron chi connectivity index (χ0n) is 7.00. The molecule has 1 atom stereocenters. The van der Waals surface area contributed by atoms with Crippen molar-refractivity contribution in [2.24, 2.45) is 5.73 Å². The number of carbonyl (C=O) groups excluding carboxylic acids is 1. The first-order chi connectivity index (χ1) is 5.65. The summed E-state index contributed by atoms with van der Waals surface area (Å²) in [5.74, 6) is -0.365. The number of benzene rings is 1. The van der Waals surface area contributed by atoms with Crippen LogP contribution in [-0.4, -0.2) is 5.91 Å². The molecule has 0 aromatic heterocycles. The summed E-state index contributed by atoms with van der Waals surface area (Å²) >= 11 is 0. The maximum atomic E-state index is 10.9. The van der Waals surface area contributed by atoms with Crippen molar-refractivity contribution in [3.05, 3.63) is 29.3 Å². The Labute approximate surface area is 74.4 Å². The molecule has 1 unspecified atom stereocenters. The Morgan fingerprint density at radius 1 is 1.58 bits per heavy atom. The topological polar surface area (TPSA) is 43.1 Å². The number of aryl methyl sites for hydroxylation is 1. The number of carbonyl (C=O) groups is 1. The number of amides is 1. The lowest BCUT2D eigenvalue weighted by Gasteiger charge is -2.03. The van der Waals surface area contributed by atoms with Crippen molar-refractivity contribution in [2.75, 3.05) is 0 Å². The van der Waals surface area contributed by atoms with Gasteiger partial charge in [-0.2, -0.15) is 0 Å². The third kappa shape index (κ3) is 1.83. The highest BCUT2D eigenvalue weighted by atomic mass is 31.0. The third-order valence-electron chi connectivity index (χ3n) is 1.79. The van der Waals surface area contributed by atoms with Crippen LogP contribution in [-0.2, 0) is 6.42 Å². The molecule has 0 radical (unpaired) electrons. The summed E-state index contributed by atoms with van der Waals surface area (Å²) in [5.41, 5.74) is 6.92. The van der Waals surface area contributed by atoms with E-state index in [2.05, 4.69) is 9.24 Å². The van der Waals surface area contributed by atoms with E-state index < -0.39 is 0 Å². The van der Waals surface area contributed by atoms with Gasteiger partial charge in [-0.15, -0.1) is 9.24 Å². The smallest absolute Gasteiger partial charge is 0.249 e. The minimum Gasteiger partial charge on any atom is -0.366 e. The Kier molecular flexibility index (Phi) is 2.83. The number of nitrogens with two attached hydrogens (primary N) is 1. The summed E-state index contributed by atoms with van der Waals surface area (Å²) in [6, 6.07) is 5.73. The van der Waals surface area contributed by atoms with Crippen LogP contribution in [0.1, 0.15) is 22.8 Å². The first-order valence-electron chi connectivity index (χ1n) is 3.83. The van der Waals surface area contributed by atoms with E-state index in [0.29, 0.717) is 5.56 Å². The number of hydrogen-bond donors (Lipinski definition) is 1. The monoisotopic (exact) mass is 181 g/mol. The predicted molar refractivity (Wildman–Crippen MR) is 53.7 cm³/mol. The first kappa shape index (κ1) is 9.21. The molecule has 1 rings (SSSR count). The molecule has 0 spiro atoms. The van der Waals surface area contributed by atoms with Gasteiger partial charge in [0.25, 0.3) is 0 Å². The zero-order valence-corrected chi connectivity index (χ0v) is 8.16. The Balaban J connectivity index is 3.17. The van der Waals surface area contributed by atoms with Crippen LogP contribution in [0, 0.1) is 0 Å². The molecule has 0 bridgehead atoms. The molecule has 0 fully saturated rings. The average Bonchev–Trinajstić information content (AvgIpc) is 2.05. The van der Waals surface area contributed by atoms with Gasteiger partial charge in [0.2, 0.25) is 5.91 Å². The second-order valence-electron chi connectivity index (χ2n) is 2.64. The van der Waals surface area contributed by atoms with Gasteiger partial charge in [-0.1, -0.05) is 19.1 Å². The fourth-order valence-electron chi connectivity index (χ4n) is 1.04. The lowest BCUT2D eigenvalue weighted by Crippen LogP contribution is -2.18. The normalized spacial score (nSPS) is 9.83. The van der Waals surface area contributed by atoms with E-state index in [-0.39, 0.29) is 5.91 Å². The minimum atomic E-state index is -0.365. The second-order valence-corrected chi connectivity index (χ2v) is 3.26. The van der Waals surface area contributed by atoms with Crippen LogP contribution in [0.5, 0.6) is 0 Å². The van der Waals surface area contributed by atoms with E-state index in [9.17, 15) is 4.79 Å². The molecule has 0 aliphatic rings. The molecule has 3 heteroatoms. The third-order valence-corrected chi connectivity index (χ3v) is 2.29. The van der Waals surface area contributed by atoms with Gasteiger partial charge in [-0.3, -0.25) is 4.79 Å². The van der Waals surface area contributed by atoms with E-state index in [0.717, 1.165) is 17.3 Å². The minimum absolute atomic E-state index is 0.365. The van der Waals surface area contributed by atoms with Gasteiger partial charge in [0, 0.05) is 5.56 Å². The van der Waals surface area contributed by atoms with Gasteiger partial charge >= 0.3 is 0 Å². The van der Waals surface area contributed by atoms with Crippen LogP contribution >= 0.6 is 9.24 Å². The SMILES string of the molecule is CCc1ccc(P)c(C(N)=O)c1. The van der Waals surface area contributed by atoms with Crippen molar-refractivity contribution in [3.8, 4) is 0 Å². The zero-order chi connectivity index (χ0) is 9.14. The maximum Gasteiger partial charge on any atom is 0.249 e. The molecule has 1 aromatic carbocycles.